The number of hydrogen-bond acceptors (Lipinski definition) is 3. The summed E-state index contributed by atoms with van der Waals surface area (Å²) in [7, 11) is 0. The van der Waals surface area contributed by atoms with Gasteiger partial charge < -0.3 is 14.8 Å². The minimum absolute atomic E-state index is 0.773. The van der Waals surface area contributed by atoms with Crippen molar-refractivity contribution in [1.29, 1.82) is 0 Å². The lowest BCUT2D eigenvalue weighted by molar-refractivity contribution is 0.134. The molecule has 3 rings (SSSR count). The fourth-order valence-corrected chi connectivity index (χ4v) is 2.30. The minimum atomic E-state index is 0.773. The van der Waals surface area contributed by atoms with Crippen LogP contribution in [0, 0.1) is 0 Å². The van der Waals surface area contributed by atoms with Crippen LogP contribution in [0.25, 0.3) is 0 Å². The fraction of sp³-hybridized carbons (Fsp3) is 0.600. The lowest BCUT2D eigenvalue weighted by Gasteiger charge is -2.06. The molecule has 0 saturated heterocycles. The third kappa shape index (κ3) is 3.31. The van der Waals surface area contributed by atoms with Crippen LogP contribution in [-0.4, -0.2) is 25.8 Å². The van der Waals surface area contributed by atoms with Crippen molar-refractivity contribution in [3.05, 3.63) is 34.9 Å². The number of nitrogens with one attached hydrogen (secondary N) is 1. The predicted molar refractivity (Wildman–Crippen MR) is 70.5 cm³/mol. The maximum absolute atomic E-state index is 5.64. The maximum atomic E-state index is 5.64. The Morgan fingerprint density at radius 1 is 1.17 bits per heavy atom. The van der Waals surface area contributed by atoms with Gasteiger partial charge in [0.05, 0.1) is 26.4 Å². The van der Waals surface area contributed by atoms with Crippen LogP contribution in [0.15, 0.2) is 18.2 Å². The summed E-state index contributed by atoms with van der Waals surface area (Å²) < 4.78 is 11.1. The van der Waals surface area contributed by atoms with E-state index in [0.717, 1.165) is 45.4 Å². The van der Waals surface area contributed by atoms with E-state index in [9.17, 15) is 0 Å². The lowest BCUT2D eigenvalue weighted by Crippen LogP contribution is -2.22. The van der Waals surface area contributed by atoms with Crippen molar-refractivity contribution in [3.63, 3.8) is 0 Å². The van der Waals surface area contributed by atoms with Crippen LogP contribution in [0.5, 0.6) is 0 Å². The molecule has 1 saturated carbocycles. The molecule has 18 heavy (non-hydrogen) atoms. The summed E-state index contributed by atoms with van der Waals surface area (Å²) in [5.74, 6) is 0. The molecular formula is C15H21NO2. The minimum Gasteiger partial charge on any atom is -0.380 e. The Balaban J connectivity index is 1.34. The highest BCUT2D eigenvalue weighted by molar-refractivity contribution is 5.33. The molecule has 98 valence electrons. The monoisotopic (exact) mass is 247 g/mol. The van der Waals surface area contributed by atoms with Gasteiger partial charge in [0.15, 0.2) is 0 Å². The molecule has 1 aliphatic heterocycles. The fourth-order valence-electron chi connectivity index (χ4n) is 2.30. The van der Waals surface area contributed by atoms with Gasteiger partial charge in [-0.1, -0.05) is 18.2 Å². The molecule has 1 aliphatic carbocycles. The van der Waals surface area contributed by atoms with E-state index in [1.807, 2.05) is 0 Å². The molecule has 1 heterocycles. The Bertz CT molecular complexity index is 401. The van der Waals surface area contributed by atoms with Gasteiger partial charge in [-0.25, -0.2) is 0 Å². The van der Waals surface area contributed by atoms with Crippen LogP contribution in [0.3, 0.4) is 0 Å². The molecular weight excluding hydrogens is 226 g/mol. The maximum Gasteiger partial charge on any atom is 0.0725 e. The number of benzene rings is 1. The highest BCUT2D eigenvalue weighted by Gasteiger charge is 2.19. The first-order valence-corrected chi connectivity index (χ1v) is 6.91. The summed E-state index contributed by atoms with van der Waals surface area (Å²) in [5, 5.41) is 3.45. The van der Waals surface area contributed by atoms with Crippen molar-refractivity contribution < 1.29 is 9.47 Å². The van der Waals surface area contributed by atoms with Crippen LogP contribution < -0.4 is 5.32 Å². The van der Waals surface area contributed by atoms with E-state index in [2.05, 4.69) is 23.5 Å². The highest BCUT2D eigenvalue weighted by atomic mass is 16.5. The number of hydrogen-bond donors (Lipinski definition) is 1. The normalized spacial score (nSPS) is 18.0. The van der Waals surface area contributed by atoms with Crippen LogP contribution in [0.2, 0.25) is 0 Å². The summed E-state index contributed by atoms with van der Waals surface area (Å²) in [6.45, 7) is 4.17. The summed E-state index contributed by atoms with van der Waals surface area (Å²) >= 11 is 0. The zero-order chi connectivity index (χ0) is 12.2. The van der Waals surface area contributed by atoms with Gasteiger partial charge in [0.2, 0.25) is 0 Å². The van der Waals surface area contributed by atoms with E-state index in [1.54, 1.807) is 0 Å². The van der Waals surface area contributed by atoms with Crippen molar-refractivity contribution in [2.45, 2.75) is 38.5 Å². The van der Waals surface area contributed by atoms with Crippen LogP contribution in [0.4, 0.5) is 0 Å². The molecule has 0 aromatic heterocycles. The molecule has 1 N–H and O–H groups in total. The van der Waals surface area contributed by atoms with Gasteiger partial charge in [-0.2, -0.15) is 0 Å². The Kier molecular flexibility index (Phi) is 3.93. The van der Waals surface area contributed by atoms with E-state index in [0.29, 0.717) is 0 Å². The largest absolute Gasteiger partial charge is 0.380 e. The second-order valence-corrected chi connectivity index (χ2v) is 5.19. The first kappa shape index (κ1) is 12.2. The molecule has 3 heteroatoms. The van der Waals surface area contributed by atoms with Gasteiger partial charge in [0.1, 0.15) is 0 Å². The molecule has 0 radical (unpaired) electrons. The second kappa shape index (κ2) is 5.83. The molecule has 0 amide bonds. The van der Waals surface area contributed by atoms with Gasteiger partial charge in [0.25, 0.3) is 0 Å². The van der Waals surface area contributed by atoms with Crippen LogP contribution in [-0.2, 0) is 29.1 Å². The Hall–Kier alpha value is -0.900. The summed E-state index contributed by atoms with van der Waals surface area (Å²) in [6, 6.07) is 7.42. The lowest BCUT2D eigenvalue weighted by atomic mass is 10.0. The molecule has 3 nitrogen and oxygen atoms in total. The topological polar surface area (TPSA) is 30.5 Å². The average Bonchev–Trinajstić information content (AvgIpc) is 3.09. The van der Waals surface area contributed by atoms with Crippen molar-refractivity contribution >= 4 is 0 Å². The van der Waals surface area contributed by atoms with Gasteiger partial charge in [-0.05, 0) is 36.0 Å². The highest BCUT2D eigenvalue weighted by Crippen LogP contribution is 2.21. The van der Waals surface area contributed by atoms with Crippen molar-refractivity contribution in [2.75, 3.05) is 19.8 Å². The predicted octanol–water partition coefficient (Wildman–Crippen LogP) is 2.03. The van der Waals surface area contributed by atoms with Crippen LogP contribution >= 0.6 is 0 Å². The molecule has 0 atom stereocenters. The van der Waals surface area contributed by atoms with E-state index in [4.69, 9.17) is 9.47 Å². The summed E-state index contributed by atoms with van der Waals surface area (Å²) in [4.78, 5) is 0. The molecule has 1 fully saturated rings. The zero-order valence-electron chi connectivity index (χ0n) is 10.8. The van der Waals surface area contributed by atoms with Gasteiger partial charge in [0, 0.05) is 12.6 Å². The molecule has 0 spiro atoms. The third-order valence-corrected chi connectivity index (χ3v) is 3.58. The summed E-state index contributed by atoms with van der Waals surface area (Å²) in [5.41, 5.74) is 4.05. The van der Waals surface area contributed by atoms with Gasteiger partial charge in [-0.15, -0.1) is 0 Å². The molecule has 0 bridgehead atoms. The zero-order valence-corrected chi connectivity index (χ0v) is 10.8. The first-order valence-electron chi connectivity index (χ1n) is 6.91. The SMILES string of the molecule is c1cc2c(cc1CCOCCNC1CC1)COC2. The second-order valence-electron chi connectivity index (χ2n) is 5.19. The quantitative estimate of drug-likeness (QED) is 0.748. The standard InChI is InChI=1S/C15H21NO2/c1-2-13-10-18-11-14(13)9-12(1)5-7-17-8-6-16-15-3-4-15/h1-2,9,15-16H,3-8,10-11H2. The third-order valence-electron chi connectivity index (χ3n) is 3.58. The molecule has 1 aromatic rings. The first-order chi connectivity index (χ1) is 8.92. The number of rotatable bonds is 7. The molecule has 0 unspecified atom stereocenters. The van der Waals surface area contributed by atoms with Gasteiger partial charge in [-0.3, -0.25) is 0 Å². The van der Waals surface area contributed by atoms with Gasteiger partial charge >= 0.3 is 0 Å². The van der Waals surface area contributed by atoms with E-state index < -0.39 is 0 Å². The van der Waals surface area contributed by atoms with E-state index in [1.165, 1.54) is 29.5 Å². The molecule has 1 aromatic carbocycles. The van der Waals surface area contributed by atoms with Crippen LogP contribution in [0.1, 0.15) is 29.5 Å². The Morgan fingerprint density at radius 3 is 2.94 bits per heavy atom. The summed E-state index contributed by atoms with van der Waals surface area (Å²) in [6.07, 6.45) is 3.69. The van der Waals surface area contributed by atoms with E-state index in [-0.39, 0.29) is 0 Å². The Morgan fingerprint density at radius 2 is 2.06 bits per heavy atom. The molecule has 2 aliphatic rings. The number of ether oxygens (including phenoxy) is 2. The Labute approximate surface area is 108 Å². The smallest absolute Gasteiger partial charge is 0.0725 e. The van der Waals surface area contributed by atoms with Crippen molar-refractivity contribution in [3.8, 4) is 0 Å². The van der Waals surface area contributed by atoms with E-state index >= 15 is 0 Å². The van der Waals surface area contributed by atoms with Crippen molar-refractivity contribution in [1.82, 2.24) is 5.32 Å². The number of fused-ring (bicyclic) bond motifs is 1. The average molecular weight is 247 g/mol. The van der Waals surface area contributed by atoms with Crippen molar-refractivity contribution in [2.24, 2.45) is 0 Å².